The number of halogens is 2. The van der Waals surface area contributed by atoms with Crippen molar-refractivity contribution < 1.29 is 13.2 Å². The van der Waals surface area contributed by atoms with Crippen molar-refractivity contribution >= 4 is 45.3 Å². The first-order valence-electron chi connectivity index (χ1n) is 8.95. The zero-order valence-corrected chi connectivity index (χ0v) is 18.6. The highest BCUT2D eigenvalue weighted by molar-refractivity contribution is 7.89. The van der Waals surface area contributed by atoms with Crippen LogP contribution in [0.15, 0.2) is 52.5 Å². The molecule has 0 spiro atoms. The van der Waals surface area contributed by atoms with Crippen LogP contribution in [0, 0.1) is 12.8 Å². The molecule has 1 amide bonds. The van der Waals surface area contributed by atoms with E-state index >= 15 is 0 Å². The number of carbonyl (C=O) groups excluding carboxylic acids is 1. The van der Waals surface area contributed by atoms with Gasteiger partial charge in [0.15, 0.2) is 0 Å². The summed E-state index contributed by atoms with van der Waals surface area (Å²) in [7, 11) is -3.85. The average Bonchev–Trinajstić information content (AvgIpc) is 2.62. The Bertz CT molecular complexity index is 991. The van der Waals surface area contributed by atoms with Crippen LogP contribution in [0.3, 0.4) is 0 Å². The summed E-state index contributed by atoms with van der Waals surface area (Å²) in [6.07, 6.45) is 1.69. The lowest BCUT2D eigenvalue weighted by molar-refractivity contribution is -0.123. The van der Waals surface area contributed by atoms with Crippen LogP contribution >= 0.6 is 23.2 Å². The molecule has 2 rings (SSSR count). The van der Waals surface area contributed by atoms with Crippen LogP contribution in [0.2, 0.25) is 10.0 Å². The maximum Gasteiger partial charge on any atom is 0.258 e. The van der Waals surface area contributed by atoms with Gasteiger partial charge in [0.25, 0.3) is 5.91 Å². The maximum atomic E-state index is 12.7. The SMILES string of the molecule is Cc1ccc(S(=O)(=O)N[C@@H](CC(C)C)C(=O)N/N=C\c2ccc(Cl)cc2Cl)cc1. The predicted molar refractivity (Wildman–Crippen MR) is 117 cm³/mol. The third kappa shape index (κ3) is 7.12. The number of carbonyl (C=O) groups is 1. The number of hydrazone groups is 1. The summed E-state index contributed by atoms with van der Waals surface area (Å²) >= 11 is 11.9. The van der Waals surface area contributed by atoms with Gasteiger partial charge in [-0.3, -0.25) is 4.79 Å². The highest BCUT2D eigenvalue weighted by atomic mass is 35.5. The van der Waals surface area contributed by atoms with Crippen molar-refractivity contribution in [3.63, 3.8) is 0 Å². The molecule has 6 nitrogen and oxygen atoms in total. The van der Waals surface area contributed by atoms with E-state index in [0.717, 1.165) is 5.56 Å². The third-order valence-electron chi connectivity index (χ3n) is 3.99. The van der Waals surface area contributed by atoms with Gasteiger partial charge in [-0.1, -0.05) is 60.8 Å². The molecular weight excluding hydrogens is 433 g/mol. The fourth-order valence-corrected chi connectivity index (χ4v) is 4.17. The Morgan fingerprint density at radius 2 is 1.79 bits per heavy atom. The van der Waals surface area contributed by atoms with Crippen molar-refractivity contribution in [1.29, 1.82) is 0 Å². The number of benzene rings is 2. The van der Waals surface area contributed by atoms with Crippen LogP contribution in [-0.4, -0.2) is 26.6 Å². The minimum absolute atomic E-state index is 0.0844. The molecule has 0 aliphatic carbocycles. The highest BCUT2D eigenvalue weighted by Gasteiger charge is 2.26. The zero-order chi connectivity index (χ0) is 21.6. The van der Waals surface area contributed by atoms with E-state index in [2.05, 4.69) is 15.2 Å². The van der Waals surface area contributed by atoms with Crippen LogP contribution in [0.1, 0.15) is 31.4 Å². The van der Waals surface area contributed by atoms with Crippen LogP contribution in [0.25, 0.3) is 0 Å². The Labute approximate surface area is 181 Å². The molecule has 9 heteroatoms. The minimum Gasteiger partial charge on any atom is -0.271 e. The van der Waals surface area contributed by atoms with Crippen molar-refractivity contribution in [2.45, 2.75) is 38.1 Å². The Morgan fingerprint density at radius 3 is 2.38 bits per heavy atom. The molecule has 156 valence electrons. The zero-order valence-electron chi connectivity index (χ0n) is 16.3. The fourth-order valence-electron chi connectivity index (χ4n) is 2.50. The number of sulfonamides is 1. The summed E-state index contributed by atoms with van der Waals surface area (Å²) in [5, 5.41) is 4.76. The van der Waals surface area contributed by atoms with Crippen LogP contribution in [0.4, 0.5) is 0 Å². The summed E-state index contributed by atoms with van der Waals surface area (Å²) < 4.78 is 27.8. The van der Waals surface area contributed by atoms with E-state index in [1.807, 2.05) is 20.8 Å². The topological polar surface area (TPSA) is 87.6 Å². The normalized spacial score (nSPS) is 13.0. The number of hydrogen-bond acceptors (Lipinski definition) is 4. The standard InChI is InChI=1S/C20H23Cl2N3O3S/c1-13(2)10-19(25-29(27,28)17-8-4-14(3)5-9-17)20(26)24-23-12-15-6-7-16(21)11-18(15)22/h4-9,11-13,19,25H,10H2,1-3H3,(H,24,26)/b23-12-/t19-/m0/s1. The summed E-state index contributed by atoms with van der Waals surface area (Å²) in [6, 6.07) is 10.3. The molecule has 2 aromatic rings. The maximum absolute atomic E-state index is 12.7. The van der Waals surface area contributed by atoms with Crippen molar-refractivity contribution in [2.75, 3.05) is 0 Å². The molecule has 1 atom stereocenters. The number of nitrogens with zero attached hydrogens (tertiary/aromatic N) is 1. The number of nitrogens with one attached hydrogen (secondary N) is 2. The van der Waals surface area contributed by atoms with Crippen molar-refractivity contribution in [3.8, 4) is 0 Å². The quantitative estimate of drug-likeness (QED) is 0.462. The Kier molecular flexibility index (Phi) is 8.22. The molecule has 0 aliphatic heterocycles. The Hall–Kier alpha value is -1.93. The van der Waals surface area contributed by atoms with Crippen molar-refractivity contribution in [2.24, 2.45) is 11.0 Å². The lowest BCUT2D eigenvalue weighted by Crippen LogP contribution is -2.46. The summed E-state index contributed by atoms with van der Waals surface area (Å²) in [5.74, 6) is -0.475. The van der Waals surface area contributed by atoms with E-state index < -0.39 is 22.0 Å². The van der Waals surface area contributed by atoms with Crippen LogP contribution in [-0.2, 0) is 14.8 Å². The molecule has 0 saturated carbocycles. The molecule has 0 unspecified atom stereocenters. The van der Waals surface area contributed by atoms with Gasteiger partial charge in [0.05, 0.1) is 16.1 Å². The molecule has 2 aromatic carbocycles. The van der Waals surface area contributed by atoms with Gasteiger partial charge in [0, 0.05) is 10.6 Å². The molecule has 29 heavy (non-hydrogen) atoms. The molecule has 0 heterocycles. The second-order valence-corrected chi connectivity index (χ2v) is 9.57. The number of aryl methyl sites for hydroxylation is 1. The molecule has 2 N–H and O–H groups in total. The first kappa shape index (κ1) is 23.3. The van der Waals surface area contributed by atoms with Crippen molar-refractivity contribution in [1.82, 2.24) is 10.1 Å². The summed E-state index contributed by atoms with van der Waals surface area (Å²) in [6.45, 7) is 5.66. The van der Waals surface area contributed by atoms with E-state index in [-0.39, 0.29) is 10.8 Å². The van der Waals surface area contributed by atoms with Gasteiger partial charge < -0.3 is 0 Å². The average molecular weight is 456 g/mol. The molecule has 0 aromatic heterocycles. The number of hydrogen-bond donors (Lipinski definition) is 2. The van der Waals surface area contributed by atoms with E-state index in [9.17, 15) is 13.2 Å². The fraction of sp³-hybridized carbons (Fsp3) is 0.300. The van der Waals surface area contributed by atoms with E-state index in [1.165, 1.54) is 18.3 Å². The Balaban J connectivity index is 2.13. The largest absolute Gasteiger partial charge is 0.271 e. The lowest BCUT2D eigenvalue weighted by Gasteiger charge is -2.19. The monoisotopic (exact) mass is 455 g/mol. The van der Waals surface area contributed by atoms with Crippen LogP contribution in [0.5, 0.6) is 0 Å². The van der Waals surface area contributed by atoms with E-state index in [1.54, 1.807) is 30.3 Å². The number of amides is 1. The smallest absolute Gasteiger partial charge is 0.258 e. The van der Waals surface area contributed by atoms with E-state index in [4.69, 9.17) is 23.2 Å². The lowest BCUT2D eigenvalue weighted by atomic mass is 10.0. The molecule has 0 bridgehead atoms. The summed E-state index contributed by atoms with van der Waals surface area (Å²) in [5.41, 5.74) is 3.88. The number of rotatable bonds is 8. The van der Waals surface area contributed by atoms with Gasteiger partial charge in [0.1, 0.15) is 6.04 Å². The van der Waals surface area contributed by atoms with Gasteiger partial charge in [-0.15, -0.1) is 0 Å². The molecule has 0 fully saturated rings. The third-order valence-corrected chi connectivity index (χ3v) is 6.04. The van der Waals surface area contributed by atoms with Gasteiger partial charge in [-0.25, -0.2) is 13.8 Å². The first-order valence-corrected chi connectivity index (χ1v) is 11.2. The highest BCUT2D eigenvalue weighted by Crippen LogP contribution is 2.19. The molecule has 0 saturated heterocycles. The second kappa shape index (κ2) is 10.2. The molecular formula is C20H23Cl2N3O3S. The second-order valence-electron chi connectivity index (χ2n) is 7.02. The molecule has 0 aliphatic rings. The minimum atomic E-state index is -3.85. The Morgan fingerprint density at radius 1 is 1.14 bits per heavy atom. The van der Waals surface area contributed by atoms with Gasteiger partial charge in [-0.2, -0.15) is 9.82 Å². The van der Waals surface area contributed by atoms with Gasteiger partial charge in [0.2, 0.25) is 10.0 Å². The van der Waals surface area contributed by atoms with Crippen LogP contribution < -0.4 is 10.1 Å². The summed E-state index contributed by atoms with van der Waals surface area (Å²) in [4.78, 5) is 12.7. The van der Waals surface area contributed by atoms with Gasteiger partial charge in [-0.05, 0) is 43.5 Å². The molecule has 0 radical (unpaired) electrons. The first-order chi connectivity index (χ1) is 13.6. The van der Waals surface area contributed by atoms with Gasteiger partial charge >= 0.3 is 0 Å². The van der Waals surface area contributed by atoms with Crippen molar-refractivity contribution in [3.05, 3.63) is 63.6 Å². The van der Waals surface area contributed by atoms with E-state index in [0.29, 0.717) is 22.0 Å². The predicted octanol–water partition coefficient (Wildman–Crippen LogP) is 4.15.